The van der Waals surface area contributed by atoms with Gasteiger partial charge in [-0.25, -0.2) is 9.18 Å². The number of carbonyl (C=O) groups is 1. The first-order chi connectivity index (χ1) is 6.68. The van der Waals surface area contributed by atoms with Crippen molar-refractivity contribution in [2.45, 2.75) is 0 Å². The van der Waals surface area contributed by atoms with Gasteiger partial charge in [-0.05, 0) is 18.2 Å². The van der Waals surface area contributed by atoms with Gasteiger partial charge in [0.05, 0.1) is 5.69 Å². The van der Waals surface area contributed by atoms with E-state index in [0.717, 1.165) is 0 Å². The van der Waals surface area contributed by atoms with E-state index < -0.39 is 5.82 Å². The second-order valence-corrected chi connectivity index (χ2v) is 3.09. The van der Waals surface area contributed by atoms with Crippen molar-refractivity contribution in [1.82, 2.24) is 5.32 Å². The summed E-state index contributed by atoms with van der Waals surface area (Å²) < 4.78 is 13.3. The van der Waals surface area contributed by atoms with E-state index in [2.05, 4.69) is 5.32 Å². The van der Waals surface area contributed by atoms with E-state index in [-0.39, 0.29) is 11.7 Å². The zero-order chi connectivity index (χ0) is 10.1. The summed E-state index contributed by atoms with van der Waals surface area (Å²) in [5.41, 5.74) is 6.20. The first-order valence-electron chi connectivity index (χ1n) is 4.29. The predicted octanol–water partition coefficient (Wildman–Crippen LogP) is 0.938. The Kier molecular flexibility index (Phi) is 1.99. The standard InChI is InChI=1S/C9H10FN3O/c10-7-2-1-6(11)5-8(7)13-4-3-12-9(13)14/h1-2,5H,3-4,11H2,(H,12,14). The van der Waals surface area contributed by atoms with Crippen molar-refractivity contribution >= 4 is 17.4 Å². The molecule has 2 amide bonds. The van der Waals surface area contributed by atoms with Crippen LogP contribution in [0.4, 0.5) is 20.6 Å². The molecular weight excluding hydrogens is 185 g/mol. The summed E-state index contributed by atoms with van der Waals surface area (Å²) in [6.45, 7) is 1.01. The van der Waals surface area contributed by atoms with Gasteiger partial charge in [0.1, 0.15) is 5.82 Å². The normalized spacial score (nSPS) is 15.8. The molecule has 0 aromatic heterocycles. The van der Waals surface area contributed by atoms with Crippen LogP contribution in [0.1, 0.15) is 0 Å². The molecule has 4 nitrogen and oxygen atoms in total. The summed E-state index contributed by atoms with van der Waals surface area (Å²) in [6, 6.07) is 3.90. The molecule has 5 heteroatoms. The lowest BCUT2D eigenvalue weighted by molar-refractivity contribution is 0.252. The lowest BCUT2D eigenvalue weighted by Crippen LogP contribution is -2.28. The van der Waals surface area contributed by atoms with Gasteiger partial charge in [0.15, 0.2) is 0 Å². The number of carbonyl (C=O) groups excluding carboxylic acids is 1. The average Bonchev–Trinajstić information content (AvgIpc) is 2.56. The van der Waals surface area contributed by atoms with Crippen LogP contribution in [0.5, 0.6) is 0 Å². The highest BCUT2D eigenvalue weighted by Crippen LogP contribution is 2.23. The van der Waals surface area contributed by atoms with Crippen molar-refractivity contribution in [3.8, 4) is 0 Å². The molecule has 3 N–H and O–H groups in total. The van der Waals surface area contributed by atoms with Crippen molar-refractivity contribution in [2.75, 3.05) is 23.7 Å². The van der Waals surface area contributed by atoms with Gasteiger partial charge in [-0.3, -0.25) is 4.90 Å². The molecule has 1 aliphatic rings. The van der Waals surface area contributed by atoms with Crippen LogP contribution in [0.3, 0.4) is 0 Å². The van der Waals surface area contributed by atoms with Gasteiger partial charge in [0.2, 0.25) is 0 Å². The first kappa shape index (κ1) is 8.80. The minimum atomic E-state index is -0.434. The highest BCUT2D eigenvalue weighted by atomic mass is 19.1. The van der Waals surface area contributed by atoms with Crippen molar-refractivity contribution in [3.05, 3.63) is 24.0 Å². The van der Waals surface area contributed by atoms with E-state index >= 15 is 0 Å². The summed E-state index contributed by atoms with van der Waals surface area (Å²) in [5, 5.41) is 2.59. The highest BCUT2D eigenvalue weighted by Gasteiger charge is 2.23. The lowest BCUT2D eigenvalue weighted by Gasteiger charge is -2.15. The molecule has 74 valence electrons. The Labute approximate surface area is 80.5 Å². The smallest absolute Gasteiger partial charge is 0.322 e. The zero-order valence-corrected chi connectivity index (χ0v) is 7.46. The quantitative estimate of drug-likeness (QED) is 0.655. The van der Waals surface area contributed by atoms with Crippen molar-refractivity contribution in [3.63, 3.8) is 0 Å². The zero-order valence-electron chi connectivity index (χ0n) is 7.46. The van der Waals surface area contributed by atoms with Crippen LogP contribution in [-0.2, 0) is 0 Å². The minimum Gasteiger partial charge on any atom is -0.399 e. The Morgan fingerprint density at radius 1 is 1.50 bits per heavy atom. The Morgan fingerprint density at radius 2 is 2.29 bits per heavy atom. The molecule has 0 atom stereocenters. The van der Waals surface area contributed by atoms with E-state index in [1.165, 1.54) is 23.1 Å². The third-order valence-electron chi connectivity index (χ3n) is 2.12. The third kappa shape index (κ3) is 1.37. The van der Waals surface area contributed by atoms with E-state index in [4.69, 9.17) is 5.73 Å². The van der Waals surface area contributed by atoms with Gasteiger partial charge in [-0.2, -0.15) is 0 Å². The fourth-order valence-corrected chi connectivity index (χ4v) is 1.44. The van der Waals surface area contributed by atoms with Crippen LogP contribution < -0.4 is 16.0 Å². The molecule has 1 aromatic carbocycles. The number of urea groups is 1. The van der Waals surface area contributed by atoms with Crippen LogP contribution in [0.15, 0.2) is 18.2 Å². The lowest BCUT2D eigenvalue weighted by atomic mass is 10.2. The molecule has 0 bridgehead atoms. The van der Waals surface area contributed by atoms with E-state index in [1.807, 2.05) is 0 Å². The Hall–Kier alpha value is -1.78. The Morgan fingerprint density at radius 3 is 2.93 bits per heavy atom. The van der Waals surface area contributed by atoms with Crippen LogP contribution >= 0.6 is 0 Å². The van der Waals surface area contributed by atoms with E-state index in [0.29, 0.717) is 18.8 Å². The number of hydrogen-bond acceptors (Lipinski definition) is 2. The molecule has 1 saturated heterocycles. The maximum Gasteiger partial charge on any atom is 0.322 e. The molecule has 0 saturated carbocycles. The van der Waals surface area contributed by atoms with E-state index in [9.17, 15) is 9.18 Å². The van der Waals surface area contributed by atoms with Crippen LogP contribution in [0.2, 0.25) is 0 Å². The molecule has 0 unspecified atom stereocenters. The van der Waals surface area contributed by atoms with Gasteiger partial charge in [-0.15, -0.1) is 0 Å². The summed E-state index contributed by atoms with van der Waals surface area (Å²) in [7, 11) is 0. The maximum absolute atomic E-state index is 13.3. The van der Waals surface area contributed by atoms with Crippen LogP contribution in [0, 0.1) is 5.82 Å². The number of nitrogen functional groups attached to an aromatic ring is 1. The number of nitrogens with one attached hydrogen (secondary N) is 1. The van der Waals surface area contributed by atoms with Crippen LogP contribution in [-0.4, -0.2) is 19.1 Å². The fraction of sp³-hybridized carbons (Fsp3) is 0.222. The summed E-state index contributed by atoms with van der Waals surface area (Å²) in [5.74, 6) is -0.434. The molecule has 0 radical (unpaired) electrons. The second-order valence-electron chi connectivity index (χ2n) is 3.09. The van der Waals surface area contributed by atoms with Crippen molar-refractivity contribution in [2.24, 2.45) is 0 Å². The highest BCUT2D eigenvalue weighted by molar-refractivity contribution is 5.94. The summed E-state index contributed by atoms with van der Waals surface area (Å²) >= 11 is 0. The fourth-order valence-electron chi connectivity index (χ4n) is 1.44. The maximum atomic E-state index is 13.3. The summed E-state index contributed by atoms with van der Waals surface area (Å²) in [6.07, 6.45) is 0. The minimum absolute atomic E-state index is 0.236. The topological polar surface area (TPSA) is 58.4 Å². The monoisotopic (exact) mass is 195 g/mol. The largest absolute Gasteiger partial charge is 0.399 e. The first-order valence-corrected chi connectivity index (χ1v) is 4.29. The number of anilines is 2. The van der Waals surface area contributed by atoms with Gasteiger partial charge in [0, 0.05) is 18.8 Å². The molecule has 0 spiro atoms. The SMILES string of the molecule is Nc1ccc(F)c(N2CCNC2=O)c1. The molecule has 14 heavy (non-hydrogen) atoms. The number of hydrogen-bond donors (Lipinski definition) is 2. The molecule has 1 aliphatic heterocycles. The van der Waals surface area contributed by atoms with Gasteiger partial charge in [0.25, 0.3) is 0 Å². The number of halogens is 1. The number of rotatable bonds is 1. The number of amides is 2. The third-order valence-corrected chi connectivity index (χ3v) is 2.12. The molecular formula is C9H10FN3O. The Balaban J connectivity index is 2.39. The van der Waals surface area contributed by atoms with Crippen molar-refractivity contribution in [1.29, 1.82) is 0 Å². The van der Waals surface area contributed by atoms with Gasteiger partial charge >= 0.3 is 6.03 Å². The molecule has 1 aromatic rings. The molecule has 2 rings (SSSR count). The summed E-state index contributed by atoms with van der Waals surface area (Å²) in [4.78, 5) is 12.6. The number of benzene rings is 1. The molecule has 1 fully saturated rings. The van der Waals surface area contributed by atoms with Gasteiger partial charge in [-0.1, -0.05) is 0 Å². The number of nitrogens with two attached hydrogens (primary N) is 1. The second kappa shape index (κ2) is 3.17. The Bertz CT molecular complexity index is 380. The average molecular weight is 195 g/mol. The van der Waals surface area contributed by atoms with Crippen molar-refractivity contribution < 1.29 is 9.18 Å². The van der Waals surface area contributed by atoms with Gasteiger partial charge < -0.3 is 11.1 Å². The number of nitrogens with zero attached hydrogens (tertiary/aromatic N) is 1. The molecule has 0 aliphatic carbocycles. The van der Waals surface area contributed by atoms with Crippen LogP contribution in [0.25, 0.3) is 0 Å². The predicted molar refractivity (Wildman–Crippen MR) is 51.6 cm³/mol. The molecule has 1 heterocycles. The van der Waals surface area contributed by atoms with E-state index in [1.54, 1.807) is 0 Å².